The number of rotatable bonds is 14. The Kier molecular flexibility index (Phi) is 8.96. The molecular weight excluding hydrogens is 496 g/mol. The number of aliphatic hydroxyl groups excluding tert-OH is 1. The van der Waals surface area contributed by atoms with Crippen LogP contribution in [0.4, 0.5) is 0 Å². The third-order valence-corrected chi connectivity index (χ3v) is 8.70. The Hall–Kier alpha value is -2.97. The van der Waals surface area contributed by atoms with Gasteiger partial charge in [0.15, 0.2) is 0 Å². The van der Waals surface area contributed by atoms with Crippen molar-refractivity contribution >= 4 is 17.8 Å². The highest BCUT2D eigenvalue weighted by Crippen LogP contribution is 2.63. The van der Waals surface area contributed by atoms with Crippen molar-refractivity contribution in [2.75, 3.05) is 19.8 Å². The van der Waals surface area contributed by atoms with E-state index in [1.54, 1.807) is 11.0 Å². The van der Waals surface area contributed by atoms with E-state index in [1.165, 1.54) is 4.90 Å². The molecule has 1 spiro atoms. The Labute approximate surface area is 231 Å². The van der Waals surface area contributed by atoms with Gasteiger partial charge in [0.1, 0.15) is 17.6 Å². The van der Waals surface area contributed by atoms with Crippen molar-refractivity contribution in [3.8, 4) is 0 Å². The SMILES string of the molecule is C=CCCCCOC(=O)[C@H]1[C@H]2C(=O)N([C@@H](CC)CO)C(C(=O)N(CC=C)Cc3ccccc3)C23CC[C@]1(C)O3. The topological polar surface area (TPSA) is 96.4 Å². The van der Waals surface area contributed by atoms with E-state index in [-0.39, 0.29) is 31.6 Å². The number of esters is 1. The van der Waals surface area contributed by atoms with Gasteiger partial charge in [-0.3, -0.25) is 14.4 Å². The van der Waals surface area contributed by atoms with Crippen molar-refractivity contribution in [1.29, 1.82) is 0 Å². The minimum absolute atomic E-state index is 0.260. The summed E-state index contributed by atoms with van der Waals surface area (Å²) < 4.78 is 12.3. The Morgan fingerprint density at radius 1 is 1.23 bits per heavy atom. The number of unbranched alkanes of at least 4 members (excludes halogenated alkanes) is 2. The number of fused-ring (bicyclic) bond motifs is 1. The first-order chi connectivity index (χ1) is 18.8. The van der Waals surface area contributed by atoms with Gasteiger partial charge in [0.05, 0.1) is 30.8 Å². The lowest BCUT2D eigenvalue weighted by Gasteiger charge is -2.39. The van der Waals surface area contributed by atoms with Gasteiger partial charge >= 0.3 is 5.97 Å². The zero-order valence-corrected chi connectivity index (χ0v) is 23.2. The van der Waals surface area contributed by atoms with Gasteiger partial charge < -0.3 is 24.4 Å². The number of hydrogen-bond donors (Lipinski definition) is 1. The summed E-state index contributed by atoms with van der Waals surface area (Å²) in [6.07, 6.45) is 7.39. The lowest BCUT2D eigenvalue weighted by atomic mass is 9.66. The molecule has 1 aromatic carbocycles. The molecular formula is C31H42N2O6. The first-order valence-electron chi connectivity index (χ1n) is 14.1. The Bertz CT molecular complexity index is 1070. The van der Waals surface area contributed by atoms with Crippen molar-refractivity contribution < 1.29 is 29.0 Å². The smallest absolute Gasteiger partial charge is 0.312 e. The van der Waals surface area contributed by atoms with Crippen LogP contribution in [0.25, 0.3) is 0 Å². The summed E-state index contributed by atoms with van der Waals surface area (Å²) in [6.45, 7) is 11.9. The summed E-state index contributed by atoms with van der Waals surface area (Å²) in [7, 11) is 0. The van der Waals surface area contributed by atoms with Crippen LogP contribution in [-0.4, -0.2) is 75.7 Å². The largest absolute Gasteiger partial charge is 0.465 e. The number of amides is 2. The second-order valence-corrected chi connectivity index (χ2v) is 11.2. The molecule has 3 aliphatic heterocycles. The molecule has 1 N–H and O–H groups in total. The summed E-state index contributed by atoms with van der Waals surface area (Å²) in [5, 5.41) is 10.2. The Morgan fingerprint density at radius 2 is 1.97 bits per heavy atom. The summed E-state index contributed by atoms with van der Waals surface area (Å²) in [5.74, 6) is -2.67. The lowest BCUT2D eigenvalue weighted by molar-refractivity contribution is -0.162. The molecule has 0 aromatic heterocycles. The van der Waals surface area contributed by atoms with Crippen LogP contribution in [0.3, 0.4) is 0 Å². The van der Waals surface area contributed by atoms with Crippen molar-refractivity contribution in [2.24, 2.45) is 11.8 Å². The second kappa shape index (κ2) is 12.0. The van der Waals surface area contributed by atoms with Gasteiger partial charge in [-0.25, -0.2) is 0 Å². The quantitative estimate of drug-likeness (QED) is 0.221. The zero-order valence-electron chi connectivity index (χ0n) is 23.2. The monoisotopic (exact) mass is 538 g/mol. The van der Waals surface area contributed by atoms with Gasteiger partial charge in [0.25, 0.3) is 0 Å². The number of hydrogen-bond acceptors (Lipinski definition) is 6. The molecule has 3 saturated heterocycles. The molecule has 8 heteroatoms. The van der Waals surface area contributed by atoms with Gasteiger partial charge in [-0.05, 0) is 51.0 Å². The predicted octanol–water partition coefficient (Wildman–Crippen LogP) is 3.64. The maximum absolute atomic E-state index is 14.4. The summed E-state index contributed by atoms with van der Waals surface area (Å²) in [4.78, 5) is 45.3. The average Bonchev–Trinajstić information content (AvgIpc) is 3.50. The van der Waals surface area contributed by atoms with Crippen molar-refractivity contribution in [3.63, 3.8) is 0 Å². The lowest BCUT2D eigenvalue weighted by Crippen LogP contribution is -2.58. The molecule has 1 aromatic rings. The Balaban J connectivity index is 1.69. The highest BCUT2D eigenvalue weighted by molar-refractivity contribution is 5.98. The molecule has 3 fully saturated rings. The summed E-state index contributed by atoms with van der Waals surface area (Å²) in [6, 6.07) is 8.13. The molecule has 3 heterocycles. The van der Waals surface area contributed by atoms with E-state index in [0.717, 1.165) is 18.4 Å². The number of carbonyl (C=O) groups excluding carboxylic acids is 3. The van der Waals surface area contributed by atoms with Gasteiger partial charge in [-0.15, -0.1) is 13.2 Å². The van der Waals surface area contributed by atoms with Crippen LogP contribution in [-0.2, 0) is 30.4 Å². The number of carbonyl (C=O) groups is 3. The number of nitrogens with zero attached hydrogens (tertiary/aromatic N) is 2. The van der Waals surface area contributed by atoms with Crippen LogP contribution in [0.5, 0.6) is 0 Å². The summed E-state index contributed by atoms with van der Waals surface area (Å²) in [5.41, 5.74) is -1.10. The van der Waals surface area contributed by atoms with Crippen LogP contribution in [0.1, 0.15) is 57.9 Å². The van der Waals surface area contributed by atoms with E-state index >= 15 is 0 Å². The van der Waals surface area contributed by atoms with Crippen LogP contribution < -0.4 is 0 Å². The highest BCUT2D eigenvalue weighted by atomic mass is 16.6. The number of benzene rings is 1. The van der Waals surface area contributed by atoms with Crippen molar-refractivity contribution in [3.05, 3.63) is 61.2 Å². The van der Waals surface area contributed by atoms with E-state index < -0.39 is 41.1 Å². The maximum atomic E-state index is 14.4. The number of allylic oxidation sites excluding steroid dienone is 1. The maximum Gasteiger partial charge on any atom is 0.312 e. The van der Waals surface area contributed by atoms with E-state index in [9.17, 15) is 19.5 Å². The molecule has 0 radical (unpaired) electrons. The van der Waals surface area contributed by atoms with Crippen LogP contribution in [0.2, 0.25) is 0 Å². The van der Waals surface area contributed by atoms with Crippen LogP contribution in [0, 0.1) is 11.8 Å². The van der Waals surface area contributed by atoms with E-state index in [0.29, 0.717) is 32.2 Å². The fourth-order valence-corrected chi connectivity index (χ4v) is 6.83. The van der Waals surface area contributed by atoms with E-state index in [4.69, 9.17) is 9.47 Å². The number of likely N-dealkylation sites (tertiary alicyclic amines) is 1. The first-order valence-corrected chi connectivity index (χ1v) is 14.1. The molecule has 2 bridgehead atoms. The summed E-state index contributed by atoms with van der Waals surface area (Å²) >= 11 is 0. The van der Waals surface area contributed by atoms with Gasteiger partial charge in [0, 0.05) is 13.1 Å². The zero-order chi connectivity index (χ0) is 28.2. The molecule has 4 rings (SSSR count). The fourth-order valence-electron chi connectivity index (χ4n) is 6.83. The molecule has 39 heavy (non-hydrogen) atoms. The third kappa shape index (κ3) is 5.16. The normalized spacial score (nSPS) is 29.7. The first kappa shape index (κ1) is 29.0. The van der Waals surface area contributed by atoms with Crippen molar-refractivity contribution in [2.45, 2.75) is 82.2 Å². The molecule has 6 atom stereocenters. The molecule has 2 amide bonds. The minimum Gasteiger partial charge on any atom is -0.465 e. The molecule has 0 saturated carbocycles. The van der Waals surface area contributed by atoms with E-state index in [1.807, 2.05) is 50.3 Å². The number of ether oxygens (including phenoxy) is 2. The van der Waals surface area contributed by atoms with Gasteiger partial charge in [0.2, 0.25) is 11.8 Å². The number of aliphatic hydroxyl groups is 1. The highest BCUT2D eigenvalue weighted by Gasteiger charge is 2.79. The molecule has 212 valence electrons. The van der Waals surface area contributed by atoms with Crippen molar-refractivity contribution in [1.82, 2.24) is 9.80 Å². The third-order valence-electron chi connectivity index (χ3n) is 8.70. The fraction of sp³-hybridized carbons (Fsp3) is 0.581. The predicted molar refractivity (Wildman–Crippen MR) is 147 cm³/mol. The van der Waals surface area contributed by atoms with Gasteiger partial charge in [-0.1, -0.05) is 49.4 Å². The second-order valence-electron chi connectivity index (χ2n) is 11.2. The standard InChI is InChI=1S/C31H42N2O6/c1-5-8-9-13-19-38-29(37)25-24-27(35)33(23(7-3)21-34)26(31(24)17-16-30(25,4)39-31)28(36)32(18-6-2)20-22-14-11-10-12-15-22/h5-6,10-12,14-15,23-26,34H,1-2,7-9,13,16-21H2,3-4H3/t23-,24-,25+,26?,30-,31?/m0/s1. The van der Waals surface area contributed by atoms with Gasteiger partial charge in [-0.2, -0.15) is 0 Å². The average molecular weight is 539 g/mol. The molecule has 2 unspecified atom stereocenters. The van der Waals surface area contributed by atoms with Crippen LogP contribution >= 0.6 is 0 Å². The molecule has 0 aliphatic carbocycles. The minimum atomic E-state index is -1.16. The van der Waals surface area contributed by atoms with E-state index in [2.05, 4.69) is 13.2 Å². The molecule has 3 aliphatic rings. The van der Waals surface area contributed by atoms with Crippen LogP contribution in [0.15, 0.2) is 55.6 Å². The molecule has 8 nitrogen and oxygen atoms in total. The Morgan fingerprint density at radius 3 is 2.62 bits per heavy atom.